The maximum atomic E-state index is 12.1. The lowest BCUT2D eigenvalue weighted by atomic mass is 10.1. The van der Waals surface area contributed by atoms with E-state index in [9.17, 15) is 19.2 Å². The molecule has 3 aromatic heterocycles. The maximum absolute atomic E-state index is 12.1. The highest BCUT2D eigenvalue weighted by atomic mass is 35.5. The van der Waals surface area contributed by atoms with Gasteiger partial charge in [0, 0.05) is 23.4 Å². The smallest absolute Gasteiger partial charge is 0.330 e. The van der Waals surface area contributed by atoms with Crippen molar-refractivity contribution in [1.82, 2.24) is 26.1 Å². The standard InChI is InChI=1S/C14H12ClN3OS.C10H12N2O4S/c1-8-11(15)5-13(20-8)14(19)16-6-9-3-2-4-12-10(9)7-17-18-12;1-16-10(15)7(12-6-13)5-11-9(14)8-3-2-4-17-8/h2-5,7H,6H2,1H3,(H,16,19)(H,17,18);2-4,6-7H,5H2,1H3,(H,11,14)(H,12,13). The lowest BCUT2D eigenvalue weighted by Gasteiger charge is -2.13. The molecule has 0 aliphatic carbocycles. The SMILES string of the molecule is COC(=O)C(CNC(=O)c1cccs1)NC=O.Cc1sc(C(=O)NCc2cccc3[nH]ncc23)cc1Cl. The summed E-state index contributed by atoms with van der Waals surface area (Å²) in [4.78, 5) is 47.2. The average molecular weight is 562 g/mol. The van der Waals surface area contributed by atoms with Gasteiger partial charge in [0.2, 0.25) is 6.41 Å². The van der Waals surface area contributed by atoms with E-state index in [1.54, 1.807) is 29.8 Å². The molecule has 0 saturated carbocycles. The summed E-state index contributed by atoms with van der Waals surface area (Å²) < 4.78 is 4.48. The number of rotatable bonds is 9. The van der Waals surface area contributed by atoms with E-state index >= 15 is 0 Å². The highest BCUT2D eigenvalue weighted by Gasteiger charge is 2.19. The Kier molecular flexibility index (Phi) is 10.2. The molecule has 1 atom stereocenters. The number of methoxy groups -OCH3 is 1. The molecule has 37 heavy (non-hydrogen) atoms. The van der Waals surface area contributed by atoms with E-state index in [-0.39, 0.29) is 18.4 Å². The van der Waals surface area contributed by atoms with Crippen LogP contribution in [0.15, 0.2) is 48.0 Å². The van der Waals surface area contributed by atoms with Crippen LogP contribution in [-0.4, -0.2) is 54.1 Å². The van der Waals surface area contributed by atoms with Gasteiger partial charge < -0.3 is 20.7 Å². The van der Waals surface area contributed by atoms with Gasteiger partial charge >= 0.3 is 5.97 Å². The molecule has 4 aromatic rings. The second-order valence-electron chi connectivity index (χ2n) is 7.49. The summed E-state index contributed by atoms with van der Waals surface area (Å²) in [6.07, 6.45) is 2.15. The molecule has 0 saturated heterocycles. The molecule has 0 aliphatic heterocycles. The van der Waals surface area contributed by atoms with Crippen molar-refractivity contribution in [2.24, 2.45) is 0 Å². The summed E-state index contributed by atoms with van der Waals surface area (Å²) in [7, 11) is 1.21. The number of aromatic amines is 1. The summed E-state index contributed by atoms with van der Waals surface area (Å²) in [5.41, 5.74) is 2.00. The number of carbonyl (C=O) groups excluding carboxylic acids is 4. The number of thiophene rings is 2. The molecule has 0 spiro atoms. The van der Waals surface area contributed by atoms with Crippen LogP contribution in [0.3, 0.4) is 0 Å². The second-order valence-corrected chi connectivity index (χ2v) is 10.1. The number of hydrogen-bond acceptors (Lipinski definition) is 8. The van der Waals surface area contributed by atoms with Crippen LogP contribution in [0.4, 0.5) is 0 Å². The number of amides is 3. The van der Waals surface area contributed by atoms with E-state index < -0.39 is 12.0 Å². The quantitative estimate of drug-likeness (QED) is 0.182. The van der Waals surface area contributed by atoms with Crippen LogP contribution < -0.4 is 16.0 Å². The van der Waals surface area contributed by atoms with Crippen molar-refractivity contribution < 1.29 is 23.9 Å². The van der Waals surface area contributed by atoms with Crippen LogP contribution in [0.5, 0.6) is 0 Å². The number of H-pyrrole nitrogens is 1. The van der Waals surface area contributed by atoms with Gasteiger partial charge in [-0.2, -0.15) is 5.10 Å². The Bertz CT molecular complexity index is 1350. The summed E-state index contributed by atoms with van der Waals surface area (Å²) in [5, 5.41) is 18.1. The third kappa shape index (κ3) is 7.62. The number of nitrogens with one attached hydrogen (secondary N) is 4. The zero-order valence-electron chi connectivity index (χ0n) is 19.9. The van der Waals surface area contributed by atoms with Crippen molar-refractivity contribution in [2.75, 3.05) is 13.7 Å². The van der Waals surface area contributed by atoms with E-state index in [1.807, 2.05) is 25.1 Å². The molecule has 13 heteroatoms. The molecule has 4 N–H and O–H groups in total. The first kappa shape index (κ1) is 27.8. The number of hydrogen-bond donors (Lipinski definition) is 4. The van der Waals surface area contributed by atoms with Gasteiger partial charge in [0.05, 0.1) is 33.6 Å². The lowest BCUT2D eigenvalue weighted by molar-refractivity contribution is -0.143. The fourth-order valence-electron chi connectivity index (χ4n) is 3.14. The molecule has 0 radical (unpaired) electrons. The molecule has 1 aromatic carbocycles. The van der Waals surface area contributed by atoms with Crippen LogP contribution in [-0.2, 0) is 20.9 Å². The number of benzene rings is 1. The number of aromatic nitrogens is 2. The zero-order valence-corrected chi connectivity index (χ0v) is 22.3. The number of ether oxygens (including phenoxy) is 1. The minimum absolute atomic E-state index is 0.0118. The summed E-state index contributed by atoms with van der Waals surface area (Å²) in [6.45, 7) is 2.35. The lowest BCUT2D eigenvalue weighted by Crippen LogP contribution is -2.46. The predicted octanol–water partition coefficient (Wildman–Crippen LogP) is 3.28. The van der Waals surface area contributed by atoms with Crippen molar-refractivity contribution in [2.45, 2.75) is 19.5 Å². The maximum Gasteiger partial charge on any atom is 0.330 e. The minimum atomic E-state index is -0.874. The predicted molar refractivity (Wildman–Crippen MR) is 143 cm³/mol. The molecule has 0 bridgehead atoms. The molecule has 3 amide bonds. The molecule has 4 rings (SSSR count). The second kappa shape index (κ2) is 13.5. The van der Waals surface area contributed by atoms with Crippen LogP contribution in [0.25, 0.3) is 10.9 Å². The Balaban J connectivity index is 0.000000209. The van der Waals surface area contributed by atoms with Crippen molar-refractivity contribution in [3.63, 3.8) is 0 Å². The Morgan fingerprint density at radius 2 is 1.95 bits per heavy atom. The molecule has 0 fully saturated rings. The molecular weight excluding hydrogens is 538 g/mol. The summed E-state index contributed by atoms with van der Waals surface area (Å²) in [5.74, 6) is -1.00. The number of aryl methyl sites for hydroxylation is 1. The van der Waals surface area contributed by atoms with E-state index in [0.29, 0.717) is 27.7 Å². The largest absolute Gasteiger partial charge is 0.467 e. The van der Waals surface area contributed by atoms with Crippen LogP contribution in [0, 0.1) is 6.92 Å². The van der Waals surface area contributed by atoms with Gasteiger partial charge in [-0.25, -0.2) is 4.79 Å². The Labute approximate surface area is 225 Å². The molecular formula is C24H24ClN5O5S2. The van der Waals surface area contributed by atoms with Crippen molar-refractivity contribution in [1.29, 1.82) is 0 Å². The number of carbonyl (C=O) groups is 4. The summed E-state index contributed by atoms with van der Waals surface area (Å²) in [6, 6.07) is 10.1. The third-order valence-electron chi connectivity index (χ3n) is 5.06. The molecule has 0 aliphatic rings. The van der Waals surface area contributed by atoms with E-state index in [2.05, 4.69) is 30.9 Å². The van der Waals surface area contributed by atoms with Gasteiger partial charge in [-0.05, 0) is 36.1 Å². The monoisotopic (exact) mass is 561 g/mol. The van der Waals surface area contributed by atoms with Crippen LogP contribution in [0.2, 0.25) is 5.02 Å². The van der Waals surface area contributed by atoms with Gasteiger partial charge in [0.25, 0.3) is 11.8 Å². The first-order valence-electron chi connectivity index (χ1n) is 10.9. The average Bonchev–Trinajstić information content (AvgIpc) is 3.67. The number of fused-ring (bicyclic) bond motifs is 1. The molecule has 3 heterocycles. The third-order valence-corrected chi connectivity index (χ3v) is 7.48. The molecule has 1 unspecified atom stereocenters. The first-order chi connectivity index (χ1) is 17.8. The number of nitrogens with zero attached hydrogens (tertiary/aromatic N) is 1. The van der Waals surface area contributed by atoms with Gasteiger partial charge in [0.15, 0.2) is 0 Å². The zero-order chi connectivity index (χ0) is 26.8. The highest BCUT2D eigenvalue weighted by molar-refractivity contribution is 7.14. The number of esters is 1. The highest BCUT2D eigenvalue weighted by Crippen LogP contribution is 2.26. The van der Waals surface area contributed by atoms with Crippen molar-refractivity contribution in [3.8, 4) is 0 Å². The van der Waals surface area contributed by atoms with Gasteiger partial charge in [-0.15, -0.1) is 22.7 Å². The van der Waals surface area contributed by atoms with Crippen LogP contribution in [0.1, 0.15) is 29.8 Å². The Morgan fingerprint density at radius 1 is 1.16 bits per heavy atom. The van der Waals surface area contributed by atoms with Crippen molar-refractivity contribution >= 4 is 69.4 Å². The van der Waals surface area contributed by atoms with E-state index in [0.717, 1.165) is 21.3 Å². The topological polar surface area (TPSA) is 142 Å². The van der Waals surface area contributed by atoms with Gasteiger partial charge in [0.1, 0.15) is 6.04 Å². The van der Waals surface area contributed by atoms with Gasteiger partial charge in [-0.3, -0.25) is 19.5 Å². The fourth-order valence-corrected chi connectivity index (χ4v) is 4.90. The first-order valence-corrected chi connectivity index (χ1v) is 13.0. The van der Waals surface area contributed by atoms with Crippen LogP contribution >= 0.6 is 34.3 Å². The van der Waals surface area contributed by atoms with Gasteiger partial charge in [-0.1, -0.05) is 29.8 Å². The molecule has 10 nitrogen and oxygen atoms in total. The van der Waals surface area contributed by atoms with Crippen molar-refractivity contribution in [3.05, 3.63) is 73.2 Å². The Hall–Kier alpha value is -3.74. The molecule has 194 valence electrons. The fraction of sp³-hybridized carbons (Fsp3) is 0.208. The van der Waals surface area contributed by atoms with E-state index in [4.69, 9.17) is 11.6 Å². The Morgan fingerprint density at radius 3 is 2.59 bits per heavy atom. The summed E-state index contributed by atoms with van der Waals surface area (Å²) >= 11 is 8.66. The normalized spacial score (nSPS) is 11.1. The minimum Gasteiger partial charge on any atom is -0.467 e. The van der Waals surface area contributed by atoms with E-state index in [1.165, 1.54) is 29.8 Å². The number of halogens is 1.